The number of rotatable bonds is 3. The number of aromatic hydroxyl groups is 1. The first-order valence-electron chi connectivity index (χ1n) is 9.35. The minimum atomic E-state index is -1.03. The molecule has 2 heterocycles. The van der Waals surface area contributed by atoms with Crippen LogP contribution in [0.4, 0.5) is 0 Å². The van der Waals surface area contributed by atoms with Crippen LogP contribution in [-0.4, -0.2) is 40.7 Å². The normalized spacial score (nSPS) is 24.6. The lowest BCUT2D eigenvalue weighted by molar-refractivity contribution is -0.164. The first kappa shape index (κ1) is 19.4. The Balaban J connectivity index is 1.88. The van der Waals surface area contributed by atoms with Gasteiger partial charge in [-0.2, -0.15) is 0 Å². The van der Waals surface area contributed by atoms with Gasteiger partial charge >= 0.3 is 0 Å². The number of aliphatic hydroxyl groups is 2. The van der Waals surface area contributed by atoms with E-state index >= 15 is 0 Å². The molecule has 3 aromatic rings. The maximum atomic E-state index is 12.8. The van der Waals surface area contributed by atoms with E-state index in [-0.39, 0.29) is 34.5 Å². The molecule has 0 amide bonds. The lowest BCUT2D eigenvalue weighted by Crippen LogP contribution is -2.44. The molecule has 0 unspecified atom stereocenters. The van der Waals surface area contributed by atoms with Gasteiger partial charge in [-0.1, -0.05) is 30.3 Å². The van der Waals surface area contributed by atoms with Crippen molar-refractivity contribution in [2.75, 3.05) is 7.11 Å². The van der Waals surface area contributed by atoms with Crippen LogP contribution in [0.1, 0.15) is 25.0 Å². The van der Waals surface area contributed by atoms with E-state index in [2.05, 4.69) is 0 Å². The summed E-state index contributed by atoms with van der Waals surface area (Å²) in [5.41, 5.74) is 0.753. The summed E-state index contributed by atoms with van der Waals surface area (Å²) in [7, 11) is 1.43. The molecule has 0 aliphatic carbocycles. The lowest BCUT2D eigenvalue weighted by atomic mass is 9.92. The molecule has 0 bridgehead atoms. The SMILES string of the molecule is COc1cc2oc(-c3ccccc3)cc(=O)c2c(O)c1[C@@H]1C[C@@H](O)[C@@H](O)[C@@H](C)O1. The van der Waals surface area contributed by atoms with Gasteiger partial charge in [0.25, 0.3) is 0 Å². The summed E-state index contributed by atoms with van der Waals surface area (Å²) < 4.78 is 17.1. The van der Waals surface area contributed by atoms with Crippen LogP contribution in [0.3, 0.4) is 0 Å². The quantitative estimate of drug-likeness (QED) is 0.622. The summed E-state index contributed by atoms with van der Waals surface area (Å²) in [6, 6.07) is 12.0. The van der Waals surface area contributed by atoms with Crippen molar-refractivity contribution in [2.45, 2.75) is 37.8 Å². The van der Waals surface area contributed by atoms with E-state index in [1.807, 2.05) is 30.3 Å². The minimum Gasteiger partial charge on any atom is -0.506 e. The molecule has 152 valence electrons. The van der Waals surface area contributed by atoms with Crippen molar-refractivity contribution in [1.29, 1.82) is 0 Å². The van der Waals surface area contributed by atoms with E-state index < -0.39 is 29.8 Å². The molecular weight excluding hydrogens is 376 g/mol. The number of phenols is 1. The number of benzene rings is 2. The molecule has 7 nitrogen and oxygen atoms in total. The van der Waals surface area contributed by atoms with Crippen LogP contribution in [0.2, 0.25) is 0 Å². The molecule has 1 aromatic heterocycles. The Morgan fingerprint density at radius 3 is 2.52 bits per heavy atom. The number of hydrogen-bond acceptors (Lipinski definition) is 7. The molecule has 0 radical (unpaired) electrons. The average Bonchev–Trinajstić information content (AvgIpc) is 2.71. The number of phenolic OH excluding ortho intramolecular Hbond substituents is 1. The highest BCUT2D eigenvalue weighted by Crippen LogP contribution is 2.44. The van der Waals surface area contributed by atoms with Gasteiger partial charge in [0.2, 0.25) is 0 Å². The van der Waals surface area contributed by atoms with Crippen LogP contribution in [0, 0.1) is 0 Å². The number of methoxy groups -OCH3 is 1. The van der Waals surface area contributed by atoms with Crippen molar-refractivity contribution in [3.05, 3.63) is 58.3 Å². The second-order valence-corrected chi connectivity index (χ2v) is 7.18. The van der Waals surface area contributed by atoms with E-state index in [1.165, 1.54) is 19.2 Å². The zero-order chi connectivity index (χ0) is 20.7. The van der Waals surface area contributed by atoms with Crippen molar-refractivity contribution in [1.82, 2.24) is 0 Å². The maximum absolute atomic E-state index is 12.8. The molecule has 2 aromatic carbocycles. The third-order valence-corrected chi connectivity index (χ3v) is 5.30. The highest BCUT2D eigenvalue weighted by molar-refractivity contribution is 5.88. The molecule has 3 N–H and O–H groups in total. The van der Waals surface area contributed by atoms with Crippen LogP contribution in [0.25, 0.3) is 22.3 Å². The molecule has 0 saturated carbocycles. The van der Waals surface area contributed by atoms with E-state index in [0.29, 0.717) is 5.76 Å². The third kappa shape index (κ3) is 3.37. The van der Waals surface area contributed by atoms with Crippen LogP contribution in [0.15, 0.2) is 51.7 Å². The van der Waals surface area contributed by atoms with Crippen molar-refractivity contribution < 1.29 is 29.2 Å². The largest absolute Gasteiger partial charge is 0.506 e. The number of fused-ring (bicyclic) bond motifs is 1. The summed E-state index contributed by atoms with van der Waals surface area (Å²) in [6.45, 7) is 1.63. The summed E-state index contributed by atoms with van der Waals surface area (Å²) in [5.74, 6) is 0.330. The van der Waals surface area contributed by atoms with E-state index in [0.717, 1.165) is 5.56 Å². The smallest absolute Gasteiger partial charge is 0.197 e. The standard InChI is InChI=1S/C22H22O7/c1-11-21(25)14(24)9-17(28-11)20-16(27-2)10-18-19(22(20)26)13(23)8-15(29-18)12-6-4-3-5-7-12/h3-8,10-11,14,17,21,24-26H,9H2,1-2H3/t11-,14-,17+,21+/m1/s1. The van der Waals surface area contributed by atoms with E-state index in [4.69, 9.17) is 13.9 Å². The van der Waals surface area contributed by atoms with Gasteiger partial charge < -0.3 is 29.2 Å². The molecule has 29 heavy (non-hydrogen) atoms. The van der Waals surface area contributed by atoms with Crippen molar-refractivity contribution in [2.24, 2.45) is 0 Å². The summed E-state index contributed by atoms with van der Waals surface area (Å²) >= 11 is 0. The van der Waals surface area contributed by atoms with Crippen molar-refractivity contribution in [3.63, 3.8) is 0 Å². The monoisotopic (exact) mass is 398 g/mol. The molecule has 4 atom stereocenters. The maximum Gasteiger partial charge on any atom is 0.197 e. The molecule has 1 aliphatic heterocycles. The Morgan fingerprint density at radius 2 is 1.86 bits per heavy atom. The molecule has 7 heteroatoms. The van der Waals surface area contributed by atoms with Crippen LogP contribution < -0.4 is 10.2 Å². The molecule has 4 rings (SSSR count). The second-order valence-electron chi connectivity index (χ2n) is 7.18. The second kappa shape index (κ2) is 7.51. The van der Waals surface area contributed by atoms with E-state index in [1.54, 1.807) is 6.92 Å². The number of ether oxygens (including phenoxy) is 2. The molecule has 1 fully saturated rings. The zero-order valence-corrected chi connectivity index (χ0v) is 16.0. The Bertz CT molecular complexity index is 1080. The van der Waals surface area contributed by atoms with Gasteiger partial charge in [-0.3, -0.25) is 4.79 Å². The topological polar surface area (TPSA) is 109 Å². The third-order valence-electron chi connectivity index (χ3n) is 5.30. The van der Waals surface area contributed by atoms with Gasteiger partial charge in [0, 0.05) is 24.1 Å². The van der Waals surface area contributed by atoms with Crippen molar-refractivity contribution >= 4 is 11.0 Å². The average molecular weight is 398 g/mol. The Labute approximate surface area is 166 Å². The Hall–Kier alpha value is -2.87. The minimum absolute atomic E-state index is 0.0114. The predicted molar refractivity (Wildman–Crippen MR) is 106 cm³/mol. The van der Waals surface area contributed by atoms with Crippen LogP contribution in [-0.2, 0) is 4.74 Å². The van der Waals surface area contributed by atoms with Crippen molar-refractivity contribution in [3.8, 4) is 22.8 Å². The lowest BCUT2D eigenvalue weighted by Gasteiger charge is -2.36. The fourth-order valence-corrected chi connectivity index (χ4v) is 3.77. The summed E-state index contributed by atoms with van der Waals surface area (Å²) in [6.07, 6.45) is -3.41. The molecule has 1 aliphatic rings. The van der Waals surface area contributed by atoms with E-state index in [9.17, 15) is 20.1 Å². The highest BCUT2D eigenvalue weighted by Gasteiger charge is 2.38. The number of hydrogen-bond donors (Lipinski definition) is 3. The molecule has 1 saturated heterocycles. The first-order chi connectivity index (χ1) is 13.9. The zero-order valence-electron chi connectivity index (χ0n) is 16.0. The summed E-state index contributed by atoms with van der Waals surface area (Å²) in [4.78, 5) is 12.8. The number of aliphatic hydroxyl groups excluding tert-OH is 2. The fraction of sp³-hybridized carbons (Fsp3) is 0.318. The first-order valence-corrected chi connectivity index (χ1v) is 9.35. The van der Waals surface area contributed by atoms with Gasteiger partial charge in [0.05, 0.1) is 31.0 Å². The van der Waals surface area contributed by atoms with Gasteiger partial charge in [0.15, 0.2) is 5.43 Å². The molecular formula is C22H22O7. The van der Waals surface area contributed by atoms with Gasteiger partial charge in [0.1, 0.15) is 34.3 Å². The predicted octanol–water partition coefficient (Wildman–Crippen LogP) is 2.75. The van der Waals surface area contributed by atoms with Crippen LogP contribution >= 0.6 is 0 Å². The summed E-state index contributed by atoms with van der Waals surface area (Å²) in [5, 5.41) is 31.0. The van der Waals surface area contributed by atoms with Crippen LogP contribution in [0.5, 0.6) is 11.5 Å². The van der Waals surface area contributed by atoms with Gasteiger partial charge in [-0.05, 0) is 6.92 Å². The van der Waals surface area contributed by atoms with Gasteiger partial charge in [-0.15, -0.1) is 0 Å². The Morgan fingerprint density at radius 1 is 1.14 bits per heavy atom. The van der Waals surface area contributed by atoms with Gasteiger partial charge in [-0.25, -0.2) is 0 Å². The fourth-order valence-electron chi connectivity index (χ4n) is 3.77. The Kier molecular flexibility index (Phi) is 5.04. The highest BCUT2D eigenvalue weighted by atomic mass is 16.5. The molecule has 0 spiro atoms.